The molecule has 0 aliphatic carbocycles. The highest BCUT2D eigenvalue weighted by Crippen LogP contribution is 1.83. The Bertz CT molecular complexity index is 277. The Morgan fingerprint density at radius 1 is 0.257 bits per heavy atom. The Morgan fingerprint density at radius 2 is 0.400 bits per heavy atom. The molecule has 3 rings (SSSR count). The molecule has 0 atom stereocenters. The molecule has 18 N–H and O–H groups in total. The first-order valence-electron chi connectivity index (χ1n) is 11.3. The predicted molar refractivity (Wildman–Crippen MR) is 114 cm³/mol. The third-order valence-electron chi connectivity index (χ3n) is 5.62. The van der Waals surface area contributed by atoms with Crippen LogP contribution in [0, 0.1) is 0 Å². The molecule has 3 saturated heterocycles. The van der Waals surface area contributed by atoms with Gasteiger partial charge in [-0.1, -0.05) is 0 Å². The van der Waals surface area contributed by atoms with Crippen LogP contribution in [0.15, 0.2) is 0 Å². The van der Waals surface area contributed by atoms with Crippen molar-refractivity contribution in [2.45, 2.75) is 0 Å². The lowest BCUT2D eigenvalue weighted by atomic mass is 10.4. The summed E-state index contributed by atoms with van der Waals surface area (Å²) in [5, 5.41) is 15.1. The van der Waals surface area contributed by atoms with Gasteiger partial charge in [0.25, 0.3) is 0 Å². The molecule has 2 bridgehead atoms. The first kappa shape index (κ1) is 56.5. The molecule has 35 heavy (non-hydrogen) atoms. The van der Waals surface area contributed by atoms with Gasteiger partial charge in [-0.3, -0.25) is 9.80 Å². The summed E-state index contributed by atoms with van der Waals surface area (Å²) >= 11 is 0. The van der Waals surface area contributed by atoms with Crippen molar-refractivity contribution in [2.24, 2.45) is 0 Å². The summed E-state index contributed by atoms with van der Waals surface area (Å²) in [6.07, 6.45) is 0. The van der Waals surface area contributed by atoms with Crippen molar-refractivity contribution in [3.8, 4) is 0 Å². The topological polar surface area (TPSA) is 201 Å². The Balaban J connectivity index is -0.000000135. The number of hydrogen-bond acceptors (Lipinski definition) is 2. The van der Waals surface area contributed by atoms with Crippen molar-refractivity contribution in [3.63, 3.8) is 0 Å². The van der Waals surface area contributed by atoms with Gasteiger partial charge < -0.3 is 123 Å². The number of hydrogen-bond donors (Lipinski definition) is 6. The number of nitrogens with zero attached hydrogens (tertiary/aromatic N) is 2. The van der Waals surface area contributed by atoms with Crippen LogP contribution in [0.25, 0.3) is 0 Å². The van der Waals surface area contributed by atoms with Gasteiger partial charge in [-0.2, -0.15) is 0 Å². The van der Waals surface area contributed by atoms with Crippen LogP contribution in [0.1, 0.15) is 0 Å². The van der Waals surface area contributed by atoms with Gasteiger partial charge in [0.15, 0.2) is 0 Å². The van der Waals surface area contributed by atoms with Gasteiger partial charge >= 0.3 is 0 Å². The van der Waals surface area contributed by atoms with Crippen molar-refractivity contribution < 1.29 is 123 Å². The van der Waals surface area contributed by atoms with Gasteiger partial charge in [0.2, 0.25) is 0 Å². The van der Waals surface area contributed by atoms with E-state index in [-0.39, 0.29) is 90.9 Å². The zero-order valence-corrected chi connectivity index (χ0v) is 25.4. The summed E-state index contributed by atoms with van der Waals surface area (Å²) in [5.41, 5.74) is 0. The van der Waals surface area contributed by atoms with Crippen LogP contribution in [-0.4, -0.2) is 144 Å². The van der Waals surface area contributed by atoms with E-state index in [1.165, 1.54) is 118 Å². The Kier molecular flexibility index (Phi) is 68.4. The van der Waals surface area contributed by atoms with Crippen LogP contribution in [0.2, 0.25) is 0 Å². The molecule has 0 radical (unpaired) electrons. The molecule has 0 unspecified atom stereocenters. The van der Waals surface area contributed by atoms with Gasteiger partial charge in [-0.05, 0) is 0 Å². The normalized spacial score (nSPS) is 22.6. The van der Waals surface area contributed by atoms with Crippen molar-refractivity contribution >= 4 is 0 Å². The summed E-state index contributed by atoms with van der Waals surface area (Å²) in [6, 6.07) is 0. The fraction of sp³-hybridized carbons (Fsp3) is 1.00. The van der Waals surface area contributed by atoms with Gasteiger partial charge in [0, 0.05) is 39.3 Å². The second-order valence-corrected chi connectivity index (χ2v) is 7.88. The quantitative estimate of drug-likeness (QED) is 0.153. The lowest BCUT2D eigenvalue weighted by Gasteiger charge is -2.21. The first-order valence-corrected chi connectivity index (χ1v) is 11.3. The van der Waals surface area contributed by atoms with Gasteiger partial charge in [0.1, 0.15) is 39.3 Å². The molecule has 0 aromatic heterocycles. The van der Waals surface area contributed by atoms with E-state index in [9.17, 15) is 0 Å². The number of rotatable bonds is 0. The van der Waals surface area contributed by atoms with E-state index in [0.717, 1.165) is 0 Å². The SMILES string of the molecule is C1C[NH2+]CCN2CC[NH2+]CC[NH2+]CCN(CC[NH2+]1)CC[NH2+]CC[NH2+]CC2.O.O.O.[Cl-].[Cl-].[Cl-].[Cl-].[Cl-].[Cl-]. The minimum Gasteiger partial charge on any atom is -1.00 e. The molecule has 0 aromatic rings. The van der Waals surface area contributed by atoms with Crippen molar-refractivity contribution in [3.05, 3.63) is 0 Å². The van der Waals surface area contributed by atoms with Gasteiger partial charge in [0.05, 0.1) is 39.3 Å². The molecular formula is C18H54Cl6N8O3. The number of fused-ring (bicyclic) bond motifs is 21. The average molecular weight is 643 g/mol. The Hall–Kier alpha value is 1.30. The number of quaternary nitrogens is 6. The summed E-state index contributed by atoms with van der Waals surface area (Å²) in [6.45, 7) is 22.5. The molecule has 0 spiro atoms. The highest BCUT2D eigenvalue weighted by molar-refractivity contribution is 4.56. The van der Waals surface area contributed by atoms with Gasteiger partial charge in [-0.25, -0.2) is 0 Å². The predicted octanol–water partition coefficient (Wildman–Crippen LogP) is -29.5. The van der Waals surface area contributed by atoms with Crippen LogP contribution in [-0.2, 0) is 0 Å². The van der Waals surface area contributed by atoms with Crippen LogP contribution < -0.4 is 106 Å². The van der Waals surface area contributed by atoms with Gasteiger partial charge in [-0.15, -0.1) is 0 Å². The molecular weight excluding hydrogens is 589 g/mol. The van der Waals surface area contributed by atoms with Crippen molar-refractivity contribution in [1.82, 2.24) is 9.80 Å². The van der Waals surface area contributed by atoms with Crippen LogP contribution in [0.3, 0.4) is 0 Å². The van der Waals surface area contributed by atoms with E-state index >= 15 is 0 Å². The minimum atomic E-state index is 0. The zero-order chi connectivity index (χ0) is 18.1. The second kappa shape index (κ2) is 42.4. The Labute approximate surface area is 249 Å². The first-order chi connectivity index (χ1) is 12.9. The fourth-order valence-electron chi connectivity index (χ4n) is 3.89. The van der Waals surface area contributed by atoms with E-state index in [1.807, 2.05) is 0 Å². The average Bonchev–Trinajstić information content (AvgIpc) is 2.65. The molecule has 3 aliphatic heterocycles. The summed E-state index contributed by atoms with van der Waals surface area (Å²) in [4.78, 5) is 5.37. The summed E-state index contributed by atoms with van der Waals surface area (Å²) in [5.74, 6) is 0. The molecule has 0 saturated carbocycles. The molecule has 3 aliphatic rings. The largest absolute Gasteiger partial charge is 1.00 e. The standard InChI is InChI=1S/C18H42N8.6ClH.3H2O/c1-2-20-8-14-26-17-11-23-5-3-21-9-15-25(13-7-19-1)16-10-22-4-6-24-12-18-26;;;;;;;;;/h19-24H,1-18H2;6*1H;3*1H2. The van der Waals surface area contributed by atoms with E-state index in [1.54, 1.807) is 0 Å². The highest BCUT2D eigenvalue weighted by atomic mass is 35.5. The smallest absolute Gasteiger partial charge is 0.125 e. The fourth-order valence-corrected chi connectivity index (χ4v) is 3.89. The van der Waals surface area contributed by atoms with E-state index in [0.29, 0.717) is 0 Å². The maximum atomic E-state index is 2.69. The summed E-state index contributed by atoms with van der Waals surface area (Å²) < 4.78 is 0. The summed E-state index contributed by atoms with van der Waals surface area (Å²) in [7, 11) is 0. The van der Waals surface area contributed by atoms with Crippen LogP contribution >= 0.6 is 0 Å². The molecule has 17 heteroatoms. The monoisotopic (exact) mass is 640 g/mol. The van der Waals surface area contributed by atoms with Crippen molar-refractivity contribution in [2.75, 3.05) is 118 Å². The zero-order valence-electron chi connectivity index (χ0n) is 20.9. The highest BCUT2D eigenvalue weighted by Gasteiger charge is 2.11. The molecule has 11 nitrogen and oxygen atoms in total. The molecule has 3 heterocycles. The van der Waals surface area contributed by atoms with E-state index in [4.69, 9.17) is 0 Å². The maximum Gasteiger partial charge on any atom is 0.125 e. The third-order valence-corrected chi connectivity index (χ3v) is 5.62. The lowest BCUT2D eigenvalue weighted by Crippen LogP contribution is -3.00. The maximum absolute atomic E-state index is 2.69. The lowest BCUT2D eigenvalue weighted by molar-refractivity contribution is -0.730. The minimum absolute atomic E-state index is 0. The van der Waals surface area contributed by atoms with Crippen molar-refractivity contribution in [1.29, 1.82) is 0 Å². The number of nitrogens with two attached hydrogens (primary N) is 6. The molecule has 0 amide bonds. The van der Waals surface area contributed by atoms with Crippen LogP contribution in [0.4, 0.5) is 0 Å². The third kappa shape index (κ3) is 33.3. The van der Waals surface area contributed by atoms with E-state index in [2.05, 4.69) is 41.7 Å². The number of halogens is 6. The second-order valence-electron chi connectivity index (χ2n) is 7.88. The molecule has 0 aromatic carbocycles. The molecule has 226 valence electrons. The molecule has 3 fully saturated rings. The van der Waals surface area contributed by atoms with E-state index < -0.39 is 0 Å². The van der Waals surface area contributed by atoms with Crippen LogP contribution in [0.5, 0.6) is 0 Å². The Morgan fingerprint density at radius 3 is 0.543 bits per heavy atom.